The molecule has 6 nitrogen and oxygen atoms in total. The van der Waals surface area contributed by atoms with Gasteiger partial charge in [0.25, 0.3) is 0 Å². The van der Waals surface area contributed by atoms with Crippen LogP contribution >= 0.6 is 0 Å². The van der Waals surface area contributed by atoms with Gasteiger partial charge in [-0.25, -0.2) is 9.59 Å². The molecule has 0 spiro atoms. The highest BCUT2D eigenvalue weighted by atomic mass is 16.6. The number of alkyl carbamates (subject to hydrolysis) is 1. The molecule has 1 aromatic carbocycles. The zero-order valence-corrected chi connectivity index (χ0v) is 11.8. The first-order valence-electron chi connectivity index (χ1n) is 6.04. The highest BCUT2D eigenvalue weighted by molar-refractivity contribution is 5.80. The lowest BCUT2D eigenvalue weighted by Crippen LogP contribution is -2.44. The van der Waals surface area contributed by atoms with E-state index in [0.717, 1.165) is 5.56 Å². The number of nitrogens with one attached hydrogen (secondary N) is 1. The minimum absolute atomic E-state index is 0. The molecule has 0 heterocycles. The Labute approximate surface area is 118 Å². The molecule has 0 saturated heterocycles. The summed E-state index contributed by atoms with van der Waals surface area (Å²) in [5.74, 6) is -1.09. The smallest absolute Gasteiger partial charge is 0.408 e. The van der Waals surface area contributed by atoms with Crippen LogP contribution in [0.25, 0.3) is 0 Å². The van der Waals surface area contributed by atoms with E-state index in [1.54, 1.807) is 20.8 Å². The summed E-state index contributed by atoms with van der Waals surface area (Å²) in [6.45, 7) is 5.17. The van der Waals surface area contributed by atoms with E-state index < -0.39 is 23.7 Å². The number of carbonyl (C=O) groups excluding carboxylic acids is 1. The summed E-state index contributed by atoms with van der Waals surface area (Å²) < 4.78 is 5.04. The molecule has 0 aliphatic rings. The first-order valence-corrected chi connectivity index (χ1v) is 6.04. The molecule has 0 saturated carbocycles. The molecule has 0 aliphatic heterocycles. The number of carboxylic acids is 1. The molecule has 6 heteroatoms. The predicted molar refractivity (Wildman–Crippen MR) is 74.6 cm³/mol. The average molecular weight is 283 g/mol. The van der Waals surface area contributed by atoms with Crippen LogP contribution in [0, 0.1) is 0 Å². The standard InChI is InChI=1S/C14H19NO4.H2O/c1-14(2,3)19-13(18)15-11(12(16)17)9-10-7-5-4-6-8-10;/h4-8,11H,9H2,1-3H3,(H,15,18)(H,16,17);1H2. The number of rotatable bonds is 4. The van der Waals surface area contributed by atoms with Gasteiger partial charge in [0.15, 0.2) is 0 Å². The predicted octanol–water partition coefficient (Wildman–Crippen LogP) is 1.38. The van der Waals surface area contributed by atoms with Gasteiger partial charge in [0.2, 0.25) is 0 Å². The third-order valence-corrected chi connectivity index (χ3v) is 2.27. The second-order valence-electron chi connectivity index (χ2n) is 5.23. The van der Waals surface area contributed by atoms with Gasteiger partial charge in [0.1, 0.15) is 11.6 Å². The number of carboxylic acid groups (broad SMARTS) is 1. The van der Waals surface area contributed by atoms with Gasteiger partial charge in [-0.1, -0.05) is 30.3 Å². The van der Waals surface area contributed by atoms with Crippen LogP contribution in [0.3, 0.4) is 0 Å². The second kappa shape index (κ2) is 7.49. The normalized spacial score (nSPS) is 11.9. The molecular formula is C14H21NO5. The fourth-order valence-electron chi connectivity index (χ4n) is 1.50. The van der Waals surface area contributed by atoms with Gasteiger partial charge in [-0.05, 0) is 26.3 Å². The number of carbonyl (C=O) groups is 2. The number of hydrogen-bond donors (Lipinski definition) is 2. The molecule has 0 radical (unpaired) electrons. The summed E-state index contributed by atoms with van der Waals surface area (Å²) in [6.07, 6.45) is -0.508. The van der Waals surface area contributed by atoms with E-state index in [1.165, 1.54) is 0 Å². The Balaban J connectivity index is 0.00000361. The third-order valence-electron chi connectivity index (χ3n) is 2.27. The van der Waals surface area contributed by atoms with Crippen molar-refractivity contribution in [3.8, 4) is 0 Å². The van der Waals surface area contributed by atoms with Crippen LogP contribution in [0.15, 0.2) is 30.3 Å². The number of aliphatic carboxylic acids is 1. The number of ether oxygens (including phenoxy) is 1. The maximum atomic E-state index is 11.6. The molecule has 1 atom stereocenters. The van der Waals surface area contributed by atoms with E-state index in [2.05, 4.69) is 5.32 Å². The Hall–Kier alpha value is -2.08. The van der Waals surface area contributed by atoms with Crippen LogP contribution in [0.4, 0.5) is 4.79 Å². The van der Waals surface area contributed by atoms with Gasteiger partial charge < -0.3 is 20.6 Å². The minimum Gasteiger partial charge on any atom is -0.480 e. The summed E-state index contributed by atoms with van der Waals surface area (Å²) in [5.41, 5.74) is 0.186. The van der Waals surface area contributed by atoms with Crippen molar-refractivity contribution in [1.29, 1.82) is 0 Å². The van der Waals surface area contributed by atoms with Crippen molar-refractivity contribution in [1.82, 2.24) is 5.32 Å². The van der Waals surface area contributed by atoms with Crippen molar-refractivity contribution < 1.29 is 24.9 Å². The summed E-state index contributed by atoms with van der Waals surface area (Å²) >= 11 is 0. The lowest BCUT2D eigenvalue weighted by molar-refractivity contribution is -0.139. The van der Waals surface area contributed by atoms with Crippen LogP contribution in [0.5, 0.6) is 0 Å². The van der Waals surface area contributed by atoms with Gasteiger partial charge in [-0.3, -0.25) is 0 Å². The Kier molecular flexibility index (Phi) is 6.72. The molecule has 1 rings (SSSR count). The lowest BCUT2D eigenvalue weighted by Gasteiger charge is -2.22. The van der Waals surface area contributed by atoms with Crippen LogP contribution < -0.4 is 5.32 Å². The summed E-state index contributed by atoms with van der Waals surface area (Å²) in [6, 6.07) is 8.11. The highest BCUT2D eigenvalue weighted by Crippen LogP contribution is 2.08. The van der Waals surface area contributed by atoms with Crippen molar-refractivity contribution >= 4 is 12.1 Å². The van der Waals surface area contributed by atoms with Gasteiger partial charge >= 0.3 is 12.1 Å². The average Bonchev–Trinajstić information content (AvgIpc) is 2.26. The Morgan fingerprint density at radius 1 is 1.25 bits per heavy atom. The first-order chi connectivity index (χ1) is 8.78. The van der Waals surface area contributed by atoms with E-state index >= 15 is 0 Å². The lowest BCUT2D eigenvalue weighted by atomic mass is 10.1. The molecule has 0 aromatic heterocycles. The molecule has 112 valence electrons. The van der Waals surface area contributed by atoms with E-state index in [-0.39, 0.29) is 11.9 Å². The van der Waals surface area contributed by atoms with E-state index in [0.29, 0.717) is 0 Å². The van der Waals surface area contributed by atoms with Crippen molar-refractivity contribution in [2.45, 2.75) is 38.8 Å². The topological polar surface area (TPSA) is 107 Å². The molecule has 20 heavy (non-hydrogen) atoms. The van der Waals surface area contributed by atoms with Crippen molar-refractivity contribution in [2.24, 2.45) is 0 Å². The van der Waals surface area contributed by atoms with E-state index in [4.69, 9.17) is 9.84 Å². The highest BCUT2D eigenvalue weighted by Gasteiger charge is 2.23. The molecule has 1 unspecified atom stereocenters. The Morgan fingerprint density at radius 2 is 1.80 bits per heavy atom. The molecule has 0 fully saturated rings. The minimum atomic E-state index is -1.09. The van der Waals surface area contributed by atoms with Gasteiger partial charge in [-0.2, -0.15) is 0 Å². The fraction of sp³-hybridized carbons (Fsp3) is 0.429. The van der Waals surface area contributed by atoms with Crippen LogP contribution in [-0.4, -0.2) is 34.3 Å². The second-order valence-corrected chi connectivity index (χ2v) is 5.23. The monoisotopic (exact) mass is 283 g/mol. The molecule has 0 aliphatic carbocycles. The Bertz CT molecular complexity index is 439. The number of hydrogen-bond acceptors (Lipinski definition) is 3. The molecule has 1 aromatic rings. The first kappa shape index (κ1) is 17.9. The quantitative estimate of drug-likeness (QED) is 0.870. The van der Waals surface area contributed by atoms with Gasteiger partial charge in [0.05, 0.1) is 0 Å². The maximum Gasteiger partial charge on any atom is 0.408 e. The molecular weight excluding hydrogens is 262 g/mol. The summed E-state index contributed by atoms with van der Waals surface area (Å²) in [5, 5.41) is 11.5. The summed E-state index contributed by atoms with van der Waals surface area (Å²) in [7, 11) is 0. The van der Waals surface area contributed by atoms with Crippen molar-refractivity contribution in [2.75, 3.05) is 0 Å². The zero-order valence-electron chi connectivity index (χ0n) is 11.8. The Morgan fingerprint density at radius 3 is 2.25 bits per heavy atom. The number of benzene rings is 1. The van der Waals surface area contributed by atoms with Crippen LogP contribution in [-0.2, 0) is 16.0 Å². The zero-order chi connectivity index (χ0) is 14.5. The largest absolute Gasteiger partial charge is 0.480 e. The molecule has 0 bridgehead atoms. The van der Waals surface area contributed by atoms with Gasteiger partial charge in [-0.15, -0.1) is 0 Å². The SMILES string of the molecule is CC(C)(C)OC(=O)NC(Cc1ccccc1)C(=O)O.O. The van der Waals surface area contributed by atoms with Crippen molar-refractivity contribution in [3.63, 3.8) is 0 Å². The van der Waals surface area contributed by atoms with E-state index in [1.807, 2.05) is 30.3 Å². The maximum absolute atomic E-state index is 11.6. The van der Waals surface area contributed by atoms with Gasteiger partial charge in [0, 0.05) is 6.42 Å². The van der Waals surface area contributed by atoms with E-state index in [9.17, 15) is 9.59 Å². The molecule has 4 N–H and O–H groups in total. The van der Waals surface area contributed by atoms with Crippen LogP contribution in [0.2, 0.25) is 0 Å². The molecule has 1 amide bonds. The summed E-state index contributed by atoms with van der Waals surface area (Å²) in [4.78, 5) is 22.7. The third kappa shape index (κ3) is 6.75. The number of amides is 1. The fourth-order valence-corrected chi connectivity index (χ4v) is 1.50. The van der Waals surface area contributed by atoms with Crippen LogP contribution in [0.1, 0.15) is 26.3 Å². The van der Waals surface area contributed by atoms with Crippen molar-refractivity contribution in [3.05, 3.63) is 35.9 Å².